The van der Waals surface area contributed by atoms with Gasteiger partial charge in [0.05, 0.1) is 0 Å². The Morgan fingerprint density at radius 1 is 0.963 bits per heavy atom. The molecule has 1 N–H and O–H groups in total. The molecule has 2 heterocycles. The van der Waals surface area contributed by atoms with E-state index in [1.54, 1.807) is 12.1 Å². The Morgan fingerprint density at radius 2 is 1.70 bits per heavy atom. The quantitative estimate of drug-likeness (QED) is 0.625. The maximum absolute atomic E-state index is 13.1. The summed E-state index contributed by atoms with van der Waals surface area (Å²) in [6, 6.07) is 11.0. The van der Waals surface area contributed by atoms with Crippen LogP contribution < -0.4 is 5.32 Å². The van der Waals surface area contributed by atoms with Gasteiger partial charge in [-0.05, 0) is 17.7 Å². The first-order valence-electron chi connectivity index (χ1n) is 7.81. The number of rotatable bonds is 5. The van der Waals surface area contributed by atoms with Gasteiger partial charge in [0.1, 0.15) is 11.5 Å². The topological polar surface area (TPSA) is 50.7 Å². The summed E-state index contributed by atoms with van der Waals surface area (Å²) in [6.07, 6.45) is -5.80. The normalized spacial score (nSPS) is 11.6. The van der Waals surface area contributed by atoms with Crippen molar-refractivity contribution in [2.45, 2.75) is 19.1 Å². The molecule has 27 heavy (non-hydrogen) atoms. The predicted molar refractivity (Wildman–Crippen MR) is 89.0 cm³/mol. The van der Waals surface area contributed by atoms with Crippen molar-refractivity contribution >= 4 is 5.82 Å². The van der Waals surface area contributed by atoms with Crippen LogP contribution in [0.25, 0.3) is 11.5 Å². The average Bonchev–Trinajstić information content (AvgIpc) is 2.66. The van der Waals surface area contributed by atoms with Gasteiger partial charge in [0.2, 0.25) is 0 Å². The summed E-state index contributed by atoms with van der Waals surface area (Å²) in [7, 11) is 0. The standard InChI is InChI=1S/C18H13F5N4/c19-16(20)12-6-4-11(5-7-12)10-25-15-9-14(18(21,22)23)26-17(27-15)13-3-1-2-8-24-13/h1-9,16H,10H2,(H,25,26,27). The van der Waals surface area contributed by atoms with E-state index < -0.39 is 18.3 Å². The van der Waals surface area contributed by atoms with E-state index in [0.717, 1.165) is 6.07 Å². The van der Waals surface area contributed by atoms with Gasteiger partial charge in [0, 0.05) is 24.4 Å². The zero-order chi connectivity index (χ0) is 19.4. The number of nitrogens with one attached hydrogen (secondary N) is 1. The van der Waals surface area contributed by atoms with Gasteiger partial charge in [-0.25, -0.2) is 18.7 Å². The van der Waals surface area contributed by atoms with E-state index in [0.29, 0.717) is 5.56 Å². The fourth-order valence-corrected chi connectivity index (χ4v) is 2.27. The zero-order valence-electron chi connectivity index (χ0n) is 13.7. The molecule has 0 aliphatic carbocycles. The smallest absolute Gasteiger partial charge is 0.366 e. The molecule has 0 radical (unpaired) electrons. The lowest BCUT2D eigenvalue weighted by Crippen LogP contribution is -2.12. The van der Waals surface area contributed by atoms with E-state index in [-0.39, 0.29) is 29.4 Å². The van der Waals surface area contributed by atoms with Crippen LogP contribution in [0.3, 0.4) is 0 Å². The number of nitrogens with zero attached hydrogens (tertiary/aromatic N) is 3. The average molecular weight is 380 g/mol. The second-order valence-electron chi connectivity index (χ2n) is 5.57. The number of hydrogen-bond donors (Lipinski definition) is 1. The van der Waals surface area contributed by atoms with Gasteiger partial charge in [-0.3, -0.25) is 4.98 Å². The highest BCUT2D eigenvalue weighted by Gasteiger charge is 2.34. The third kappa shape index (κ3) is 4.75. The molecule has 1 aromatic carbocycles. The third-order valence-corrected chi connectivity index (χ3v) is 3.62. The first-order valence-corrected chi connectivity index (χ1v) is 7.81. The van der Waals surface area contributed by atoms with Crippen LogP contribution in [0.2, 0.25) is 0 Å². The lowest BCUT2D eigenvalue weighted by molar-refractivity contribution is -0.141. The molecule has 4 nitrogen and oxygen atoms in total. The predicted octanol–water partition coefficient (Wildman–Crippen LogP) is 5.11. The minimum absolute atomic E-state index is 0.0454. The summed E-state index contributed by atoms with van der Waals surface area (Å²) in [5, 5.41) is 2.77. The molecule has 140 valence electrons. The lowest BCUT2D eigenvalue weighted by atomic mass is 10.1. The molecule has 0 atom stereocenters. The highest BCUT2D eigenvalue weighted by atomic mass is 19.4. The fourth-order valence-electron chi connectivity index (χ4n) is 2.27. The molecule has 0 bridgehead atoms. The molecule has 3 rings (SSSR count). The molecular formula is C18H13F5N4. The number of benzene rings is 1. The Balaban J connectivity index is 1.85. The van der Waals surface area contributed by atoms with Crippen molar-refractivity contribution in [3.8, 4) is 11.5 Å². The molecule has 0 spiro atoms. The molecule has 3 aromatic rings. The molecular weight excluding hydrogens is 367 g/mol. The van der Waals surface area contributed by atoms with E-state index in [4.69, 9.17) is 0 Å². The van der Waals surface area contributed by atoms with Crippen molar-refractivity contribution < 1.29 is 22.0 Å². The molecule has 0 aliphatic rings. The largest absolute Gasteiger partial charge is 0.433 e. The Morgan fingerprint density at radius 3 is 2.30 bits per heavy atom. The van der Waals surface area contributed by atoms with Gasteiger partial charge >= 0.3 is 6.18 Å². The Bertz CT molecular complexity index is 896. The maximum Gasteiger partial charge on any atom is 0.433 e. The van der Waals surface area contributed by atoms with E-state index in [9.17, 15) is 22.0 Å². The van der Waals surface area contributed by atoms with Gasteiger partial charge in [-0.1, -0.05) is 30.3 Å². The van der Waals surface area contributed by atoms with Crippen molar-refractivity contribution in [1.82, 2.24) is 15.0 Å². The summed E-state index contributed by atoms with van der Waals surface area (Å²) in [5.41, 5.74) is -0.412. The van der Waals surface area contributed by atoms with Crippen molar-refractivity contribution in [2.24, 2.45) is 0 Å². The van der Waals surface area contributed by atoms with Gasteiger partial charge in [0.15, 0.2) is 11.5 Å². The van der Waals surface area contributed by atoms with Crippen molar-refractivity contribution in [3.63, 3.8) is 0 Å². The van der Waals surface area contributed by atoms with Crippen LogP contribution >= 0.6 is 0 Å². The van der Waals surface area contributed by atoms with E-state index in [1.807, 2.05) is 0 Å². The number of pyridine rings is 1. The van der Waals surface area contributed by atoms with Gasteiger partial charge in [0.25, 0.3) is 6.43 Å². The first kappa shape index (κ1) is 18.7. The van der Waals surface area contributed by atoms with Crippen molar-refractivity contribution in [2.75, 3.05) is 5.32 Å². The van der Waals surface area contributed by atoms with Crippen LogP contribution in [0, 0.1) is 0 Å². The first-order chi connectivity index (χ1) is 12.8. The monoisotopic (exact) mass is 380 g/mol. The molecule has 0 saturated heterocycles. The van der Waals surface area contributed by atoms with Crippen LogP contribution in [-0.4, -0.2) is 15.0 Å². The third-order valence-electron chi connectivity index (χ3n) is 3.62. The highest BCUT2D eigenvalue weighted by molar-refractivity contribution is 5.53. The highest BCUT2D eigenvalue weighted by Crippen LogP contribution is 2.30. The van der Waals surface area contributed by atoms with E-state index >= 15 is 0 Å². The molecule has 9 heteroatoms. The molecule has 0 saturated carbocycles. The molecule has 0 amide bonds. The summed E-state index contributed by atoms with van der Waals surface area (Å²) in [4.78, 5) is 11.6. The number of hydrogen-bond acceptors (Lipinski definition) is 4. The van der Waals surface area contributed by atoms with Crippen LogP contribution in [-0.2, 0) is 12.7 Å². The Labute approximate surface area is 151 Å². The van der Waals surface area contributed by atoms with Gasteiger partial charge in [-0.2, -0.15) is 13.2 Å². The fraction of sp³-hybridized carbons (Fsp3) is 0.167. The summed E-state index contributed by atoms with van der Waals surface area (Å²) in [5.74, 6) is -0.211. The van der Waals surface area contributed by atoms with Crippen LogP contribution in [0.5, 0.6) is 0 Å². The molecule has 2 aromatic heterocycles. The second kappa shape index (κ2) is 7.65. The van der Waals surface area contributed by atoms with Gasteiger partial charge in [-0.15, -0.1) is 0 Å². The number of halogens is 5. The maximum atomic E-state index is 13.1. The summed E-state index contributed by atoms with van der Waals surface area (Å²) >= 11 is 0. The van der Waals surface area contributed by atoms with E-state index in [1.165, 1.54) is 36.5 Å². The molecule has 0 aliphatic heterocycles. The number of aromatic nitrogens is 3. The Hall–Kier alpha value is -3.10. The van der Waals surface area contributed by atoms with Crippen LogP contribution in [0.4, 0.5) is 27.8 Å². The van der Waals surface area contributed by atoms with Crippen LogP contribution in [0.15, 0.2) is 54.7 Å². The minimum Gasteiger partial charge on any atom is -0.366 e. The molecule has 0 fully saturated rings. The minimum atomic E-state index is -4.65. The lowest BCUT2D eigenvalue weighted by Gasteiger charge is -2.12. The summed E-state index contributed by atoms with van der Waals surface area (Å²) < 4.78 is 64.5. The number of alkyl halides is 5. The van der Waals surface area contributed by atoms with Gasteiger partial charge < -0.3 is 5.32 Å². The van der Waals surface area contributed by atoms with Crippen molar-refractivity contribution in [3.05, 3.63) is 71.5 Å². The van der Waals surface area contributed by atoms with Crippen LogP contribution in [0.1, 0.15) is 23.2 Å². The number of anilines is 1. The van der Waals surface area contributed by atoms with Crippen molar-refractivity contribution in [1.29, 1.82) is 0 Å². The molecule has 0 unspecified atom stereocenters. The van der Waals surface area contributed by atoms with E-state index in [2.05, 4.69) is 20.3 Å². The zero-order valence-corrected chi connectivity index (χ0v) is 13.7. The Kier molecular flexibility index (Phi) is 5.29. The summed E-state index contributed by atoms with van der Waals surface area (Å²) in [6.45, 7) is 0.111. The SMILES string of the molecule is FC(F)c1ccc(CNc2cc(C(F)(F)F)nc(-c3ccccn3)n2)cc1. The second-order valence-corrected chi connectivity index (χ2v) is 5.57.